The minimum Gasteiger partial charge on any atom is -0.465 e. The fraction of sp³-hybridized carbons (Fsp3) is 0.889. The van der Waals surface area contributed by atoms with Crippen molar-refractivity contribution in [1.29, 1.82) is 0 Å². The van der Waals surface area contributed by atoms with Crippen LogP contribution in [0.3, 0.4) is 0 Å². The Kier molecular flexibility index (Phi) is 3.54. The molecule has 1 aliphatic rings. The van der Waals surface area contributed by atoms with Crippen LogP contribution in [-0.2, 0) is 0 Å². The molecule has 0 unspecified atom stereocenters. The molecule has 13 heavy (non-hydrogen) atoms. The number of amides is 1. The van der Waals surface area contributed by atoms with Gasteiger partial charge in [-0.2, -0.15) is 0 Å². The molecule has 1 saturated heterocycles. The van der Waals surface area contributed by atoms with Crippen molar-refractivity contribution in [2.24, 2.45) is 0 Å². The summed E-state index contributed by atoms with van der Waals surface area (Å²) < 4.78 is 0. The summed E-state index contributed by atoms with van der Waals surface area (Å²) in [6, 6.07) is 0.436. The van der Waals surface area contributed by atoms with Crippen molar-refractivity contribution >= 4 is 6.09 Å². The summed E-state index contributed by atoms with van der Waals surface area (Å²) in [7, 11) is 0. The predicted octanol–water partition coefficient (Wildman–Crippen LogP) is 1.08. The molecular formula is C9H18N2O2. The lowest BCUT2D eigenvalue weighted by Gasteiger charge is -2.25. The van der Waals surface area contributed by atoms with E-state index in [2.05, 4.69) is 18.7 Å². The number of likely N-dealkylation sites (N-methyl/N-ethyl adjacent to an activating group) is 1. The van der Waals surface area contributed by atoms with E-state index in [-0.39, 0.29) is 0 Å². The molecule has 0 radical (unpaired) electrons. The summed E-state index contributed by atoms with van der Waals surface area (Å²) in [5, 5.41) is 8.77. The smallest absolute Gasteiger partial charge is 0.407 e. The summed E-state index contributed by atoms with van der Waals surface area (Å²) in [4.78, 5) is 14.5. The van der Waals surface area contributed by atoms with Crippen LogP contribution < -0.4 is 0 Å². The highest BCUT2D eigenvalue weighted by molar-refractivity contribution is 5.65. The van der Waals surface area contributed by atoms with E-state index in [0.29, 0.717) is 19.1 Å². The third-order valence-electron chi connectivity index (χ3n) is 2.76. The highest BCUT2D eigenvalue weighted by atomic mass is 16.4. The van der Waals surface area contributed by atoms with Crippen molar-refractivity contribution in [1.82, 2.24) is 9.80 Å². The molecule has 0 spiro atoms. The fourth-order valence-corrected chi connectivity index (χ4v) is 1.95. The van der Waals surface area contributed by atoms with Crippen LogP contribution in [0, 0.1) is 0 Å². The SMILES string of the molecule is CCN(CC)[C@H]1CCN(C(=O)O)C1. The molecular weight excluding hydrogens is 168 g/mol. The molecule has 1 N–H and O–H groups in total. The molecule has 0 bridgehead atoms. The van der Waals surface area contributed by atoms with Crippen LogP contribution in [0.5, 0.6) is 0 Å². The van der Waals surface area contributed by atoms with Gasteiger partial charge in [-0.1, -0.05) is 13.8 Å². The number of likely N-dealkylation sites (tertiary alicyclic amines) is 1. The van der Waals surface area contributed by atoms with Crippen molar-refractivity contribution in [3.8, 4) is 0 Å². The van der Waals surface area contributed by atoms with Gasteiger partial charge in [0.2, 0.25) is 0 Å². The Bertz CT molecular complexity index is 180. The van der Waals surface area contributed by atoms with Gasteiger partial charge in [-0.05, 0) is 19.5 Å². The molecule has 1 rings (SSSR count). The Morgan fingerprint density at radius 2 is 2.15 bits per heavy atom. The lowest BCUT2D eigenvalue weighted by atomic mass is 10.2. The maximum Gasteiger partial charge on any atom is 0.407 e. The van der Waals surface area contributed by atoms with Gasteiger partial charge in [0, 0.05) is 19.1 Å². The molecule has 1 heterocycles. The second kappa shape index (κ2) is 4.46. The lowest BCUT2D eigenvalue weighted by molar-refractivity contribution is 0.148. The number of hydrogen-bond acceptors (Lipinski definition) is 2. The molecule has 0 aromatic heterocycles. The van der Waals surface area contributed by atoms with Gasteiger partial charge in [-0.3, -0.25) is 4.90 Å². The van der Waals surface area contributed by atoms with Gasteiger partial charge in [-0.15, -0.1) is 0 Å². The second-order valence-corrected chi connectivity index (χ2v) is 3.39. The van der Waals surface area contributed by atoms with Crippen molar-refractivity contribution in [2.45, 2.75) is 26.3 Å². The van der Waals surface area contributed by atoms with Gasteiger partial charge in [0.15, 0.2) is 0 Å². The van der Waals surface area contributed by atoms with Crippen LogP contribution in [0.25, 0.3) is 0 Å². The summed E-state index contributed by atoms with van der Waals surface area (Å²) in [6.45, 7) is 7.62. The Balaban J connectivity index is 2.43. The number of rotatable bonds is 3. The Labute approximate surface area is 79.1 Å². The zero-order chi connectivity index (χ0) is 9.84. The van der Waals surface area contributed by atoms with E-state index in [9.17, 15) is 4.79 Å². The Hall–Kier alpha value is -0.770. The van der Waals surface area contributed by atoms with E-state index in [1.54, 1.807) is 0 Å². The number of nitrogens with zero attached hydrogens (tertiary/aromatic N) is 2. The minimum absolute atomic E-state index is 0.436. The largest absolute Gasteiger partial charge is 0.465 e. The van der Waals surface area contributed by atoms with Crippen LogP contribution >= 0.6 is 0 Å². The summed E-state index contributed by atoms with van der Waals surface area (Å²) in [6.07, 6.45) is 0.197. The second-order valence-electron chi connectivity index (χ2n) is 3.39. The topological polar surface area (TPSA) is 43.8 Å². The number of carboxylic acid groups (broad SMARTS) is 1. The molecule has 1 atom stereocenters. The third kappa shape index (κ3) is 2.34. The van der Waals surface area contributed by atoms with Crippen molar-refractivity contribution in [3.05, 3.63) is 0 Å². The van der Waals surface area contributed by atoms with Gasteiger partial charge in [0.25, 0.3) is 0 Å². The molecule has 0 aromatic rings. The third-order valence-corrected chi connectivity index (χ3v) is 2.76. The molecule has 0 aliphatic carbocycles. The monoisotopic (exact) mass is 186 g/mol. The first kappa shape index (κ1) is 10.3. The van der Waals surface area contributed by atoms with Crippen LogP contribution in [-0.4, -0.2) is 53.2 Å². The summed E-state index contributed by atoms with van der Waals surface area (Å²) in [5.74, 6) is 0. The Morgan fingerprint density at radius 1 is 1.54 bits per heavy atom. The van der Waals surface area contributed by atoms with E-state index in [4.69, 9.17) is 5.11 Å². The van der Waals surface area contributed by atoms with Crippen molar-refractivity contribution in [2.75, 3.05) is 26.2 Å². The average Bonchev–Trinajstić information content (AvgIpc) is 2.56. The Morgan fingerprint density at radius 3 is 2.54 bits per heavy atom. The quantitative estimate of drug-likeness (QED) is 0.717. The van der Waals surface area contributed by atoms with E-state index >= 15 is 0 Å². The first-order valence-corrected chi connectivity index (χ1v) is 4.91. The molecule has 76 valence electrons. The maximum absolute atomic E-state index is 10.7. The fourth-order valence-electron chi connectivity index (χ4n) is 1.95. The normalized spacial score (nSPS) is 22.7. The van der Waals surface area contributed by atoms with Crippen LogP contribution in [0.15, 0.2) is 0 Å². The van der Waals surface area contributed by atoms with Gasteiger partial charge >= 0.3 is 6.09 Å². The number of hydrogen-bond donors (Lipinski definition) is 1. The van der Waals surface area contributed by atoms with Gasteiger partial charge in [-0.25, -0.2) is 4.79 Å². The van der Waals surface area contributed by atoms with Crippen molar-refractivity contribution in [3.63, 3.8) is 0 Å². The maximum atomic E-state index is 10.7. The van der Waals surface area contributed by atoms with Gasteiger partial charge < -0.3 is 10.0 Å². The summed E-state index contributed by atoms with van der Waals surface area (Å²) >= 11 is 0. The van der Waals surface area contributed by atoms with Crippen LogP contribution in [0.4, 0.5) is 4.79 Å². The zero-order valence-corrected chi connectivity index (χ0v) is 8.36. The molecule has 1 aliphatic heterocycles. The molecule has 1 fully saturated rings. The van der Waals surface area contributed by atoms with Crippen LogP contribution in [0.1, 0.15) is 20.3 Å². The molecule has 0 saturated carbocycles. The van der Waals surface area contributed by atoms with E-state index in [1.807, 2.05) is 0 Å². The van der Waals surface area contributed by atoms with Crippen LogP contribution in [0.2, 0.25) is 0 Å². The zero-order valence-electron chi connectivity index (χ0n) is 8.36. The average molecular weight is 186 g/mol. The van der Waals surface area contributed by atoms with E-state index in [1.165, 1.54) is 4.90 Å². The van der Waals surface area contributed by atoms with Gasteiger partial charge in [0.1, 0.15) is 0 Å². The predicted molar refractivity (Wildman–Crippen MR) is 50.9 cm³/mol. The first-order valence-electron chi connectivity index (χ1n) is 4.91. The number of carbonyl (C=O) groups is 1. The first-order chi connectivity index (χ1) is 6.19. The van der Waals surface area contributed by atoms with E-state index < -0.39 is 6.09 Å². The highest BCUT2D eigenvalue weighted by Crippen LogP contribution is 2.14. The highest BCUT2D eigenvalue weighted by Gasteiger charge is 2.28. The van der Waals surface area contributed by atoms with Crippen molar-refractivity contribution < 1.29 is 9.90 Å². The van der Waals surface area contributed by atoms with E-state index in [0.717, 1.165) is 19.5 Å². The summed E-state index contributed by atoms with van der Waals surface area (Å²) in [5.41, 5.74) is 0. The lowest BCUT2D eigenvalue weighted by Crippen LogP contribution is -2.38. The molecule has 1 amide bonds. The molecule has 4 heteroatoms. The minimum atomic E-state index is -0.783. The standard InChI is InChI=1S/C9H18N2O2/c1-3-10(4-2)8-5-6-11(7-8)9(12)13/h8H,3-7H2,1-2H3,(H,12,13)/t8-/m0/s1. The molecule has 0 aromatic carbocycles. The van der Waals surface area contributed by atoms with Gasteiger partial charge in [0.05, 0.1) is 0 Å². The molecule has 4 nitrogen and oxygen atoms in total.